The fourth-order valence-electron chi connectivity index (χ4n) is 1.72. The minimum atomic E-state index is 0.671. The number of hydrogen-bond acceptors (Lipinski definition) is 2. The van der Waals surface area contributed by atoms with Crippen LogP contribution in [0.2, 0.25) is 0 Å². The Hall–Kier alpha value is -1.07. The average Bonchev–Trinajstić information content (AvgIpc) is 2.40. The first-order valence-electron chi connectivity index (χ1n) is 5.85. The molecule has 94 valence electrons. The summed E-state index contributed by atoms with van der Waals surface area (Å²) < 4.78 is 6.34. The molecule has 0 saturated carbocycles. The van der Waals surface area contributed by atoms with Crippen LogP contribution in [0.4, 0.5) is 5.69 Å². The molecule has 0 heterocycles. The second kappa shape index (κ2) is 6.75. The Kier molecular flexibility index (Phi) is 5.01. The summed E-state index contributed by atoms with van der Waals surface area (Å²) in [6, 6.07) is 16.8. The van der Waals surface area contributed by atoms with E-state index in [0.717, 1.165) is 6.54 Å². The Labute approximate surface area is 122 Å². The van der Waals surface area contributed by atoms with Crippen LogP contribution in [0.1, 0.15) is 11.1 Å². The molecule has 0 atom stereocenters. The predicted molar refractivity (Wildman–Crippen MR) is 83.6 cm³/mol. The van der Waals surface area contributed by atoms with Crippen molar-refractivity contribution >= 4 is 28.3 Å². The Morgan fingerprint density at radius 3 is 2.33 bits per heavy atom. The van der Waals surface area contributed by atoms with Crippen LogP contribution in [0.15, 0.2) is 48.5 Å². The Morgan fingerprint density at radius 1 is 1.00 bits per heavy atom. The summed E-state index contributed by atoms with van der Waals surface area (Å²) >= 11 is 2.34. The number of anilines is 1. The highest BCUT2D eigenvalue weighted by atomic mass is 127. The van der Waals surface area contributed by atoms with Gasteiger partial charge in [-0.1, -0.05) is 36.4 Å². The molecule has 2 aromatic rings. The molecule has 0 aliphatic heterocycles. The number of para-hydroxylation sites is 1. The van der Waals surface area contributed by atoms with Crippen LogP contribution < -0.4 is 5.32 Å². The molecular weight excluding hydrogens is 337 g/mol. The maximum atomic E-state index is 5.10. The molecule has 0 radical (unpaired) electrons. The van der Waals surface area contributed by atoms with Gasteiger partial charge in [0, 0.05) is 22.9 Å². The van der Waals surface area contributed by atoms with Crippen molar-refractivity contribution < 1.29 is 4.74 Å². The maximum Gasteiger partial charge on any atom is 0.0713 e. The lowest BCUT2D eigenvalue weighted by atomic mass is 10.1. The minimum absolute atomic E-state index is 0.671. The Morgan fingerprint density at radius 2 is 1.67 bits per heavy atom. The van der Waals surface area contributed by atoms with Crippen molar-refractivity contribution in [3.05, 3.63) is 63.2 Å². The summed E-state index contributed by atoms with van der Waals surface area (Å²) in [5.41, 5.74) is 3.66. The van der Waals surface area contributed by atoms with Crippen molar-refractivity contribution in [3.63, 3.8) is 0 Å². The predicted octanol–water partition coefficient (Wildman–Crippen LogP) is 4.05. The maximum absolute atomic E-state index is 5.10. The summed E-state index contributed by atoms with van der Waals surface area (Å²) in [7, 11) is 1.72. The molecular formula is C15H16INO. The number of benzene rings is 2. The average molecular weight is 353 g/mol. The molecule has 0 aliphatic carbocycles. The molecule has 2 aromatic carbocycles. The Bertz CT molecular complexity index is 496. The van der Waals surface area contributed by atoms with E-state index in [-0.39, 0.29) is 0 Å². The van der Waals surface area contributed by atoms with E-state index in [4.69, 9.17) is 4.74 Å². The van der Waals surface area contributed by atoms with Gasteiger partial charge in [0.2, 0.25) is 0 Å². The first-order chi connectivity index (χ1) is 8.79. The molecule has 0 aliphatic rings. The lowest BCUT2D eigenvalue weighted by molar-refractivity contribution is 0.185. The molecule has 0 saturated heterocycles. The van der Waals surface area contributed by atoms with Crippen LogP contribution in [0, 0.1) is 3.57 Å². The molecule has 0 amide bonds. The lowest BCUT2D eigenvalue weighted by Crippen LogP contribution is -2.01. The monoisotopic (exact) mass is 353 g/mol. The third-order valence-electron chi connectivity index (χ3n) is 2.69. The fraction of sp³-hybridized carbons (Fsp3) is 0.200. The van der Waals surface area contributed by atoms with Gasteiger partial charge < -0.3 is 10.1 Å². The summed E-state index contributed by atoms with van der Waals surface area (Å²) in [4.78, 5) is 0. The van der Waals surface area contributed by atoms with Crippen LogP contribution >= 0.6 is 22.6 Å². The third kappa shape index (κ3) is 3.71. The van der Waals surface area contributed by atoms with E-state index in [0.29, 0.717) is 6.61 Å². The number of ether oxygens (including phenoxy) is 1. The van der Waals surface area contributed by atoms with Gasteiger partial charge in [-0.2, -0.15) is 0 Å². The molecule has 0 bridgehead atoms. The topological polar surface area (TPSA) is 21.3 Å². The molecule has 2 nitrogen and oxygen atoms in total. The van der Waals surface area contributed by atoms with Crippen molar-refractivity contribution in [1.29, 1.82) is 0 Å². The van der Waals surface area contributed by atoms with E-state index in [2.05, 4.69) is 64.3 Å². The summed E-state index contributed by atoms with van der Waals surface area (Å²) in [5, 5.41) is 3.44. The van der Waals surface area contributed by atoms with Gasteiger partial charge in [0.1, 0.15) is 0 Å². The van der Waals surface area contributed by atoms with E-state index >= 15 is 0 Å². The van der Waals surface area contributed by atoms with Crippen molar-refractivity contribution in [2.45, 2.75) is 13.2 Å². The van der Waals surface area contributed by atoms with Crippen LogP contribution in [-0.4, -0.2) is 7.11 Å². The molecule has 18 heavy (non-hydrogen) atoms. The smallest absolute Gasteiger partial charge is 0.0713 e. The largest absolute Gasteiger partial charge is 0.380 e. The number of halogens is 1. The van der Waals surface area contributed by atoms with Gasteiger partial charge >= 0.3 is 0 Å². The zero-order chi connectivity index (χ0) is 12.8. The number of hydrogen-bond donors (Lipinski definition) is 1. The van der Waals surface area contributed by atoms with Crippen LogP contribution in [-0.2, 0) is 17.9 Å². The van der Waals surface area contributed by atoms with E-state index in [1.807, 2.05) is 12.1 Å². The molecule has 3 heteroatoms. The second-order valence-corrected chi connectivity index (χ2v) is 5.25. The molecule has 0 fully saturated rings. The van der Waals surface area contributed by atoms with E-state index < -0.39 is 0 Å². The van der Waals surface area contributed by atoms with E-state index in [1.165, 1.54) is 20.4 Å². The minimum Gasteiger partial charge on any atom is -0.380 e. The van der Waals surface area contributed by atoms with Crippen molar-refractivity contribution in [2.24, 2.45) is 0 Å². The summed E-state index contributed by atoms with van der Waals surface area (Å²) in [6.45, 7) is 1.51. The van der Waals surface area contributed by atoms with E-state index in [9.17, 15) is 0 Å². The van der Waals surface area contributed by atoms with Gasteiger partial charge in [0.05, 0.1) is 6.61 Å². The number of rotatable bonds is 5. The highest BCUT2D eigenvalue weighted by molar-refractivity contribution is 14.1. The molecule has 1 N–H and O–H groups in total. The molecule has 0 spiro atoms. The molecule has 0 aromatic heterocycles. The van der Waals surface area contributed by atoms with Gasteiger partial charge in [-0.15, -0.1) is 0 Å². The lowest BCUT2D eigenvalue weighted by Gasteiger charge is -2.09. The zero-order valence-corrected chi connectivity index (χ0v) is 12.5. The highest BCUT2D eigenvalue weighted by Crippen LogP contribution is 2.18. The van der Waals surface area contributed by atoms with Gasteiger partial charge in [0.15, 0.2) is 0 Å². The first-order valence-corrected chi connectivity index (χ1v) is 6.92. The highest BCUT2D eigenvalue weighted by Gasteiger charge is 1.98. The van der Waals surface area contributed by atoms with Gasteiger partial charge in [-0.25, -0.2) is 0 Å². The normalized spacial score (nSPS) is 10.3. The van der Waals surface area contributed by atoms with Crippen molar-refractivity contribution in [3.8, 4) is 0 Å². The van der Waals surface area contributed by atoms with Gasteiger partial charge in [0.25, 0.3) is 0 Å². The van der Waals surface area contributed by atoms with Crippen LogP contribution in [0.5, 0.6) is 0 Å². The Balaban J connectivity index is 1.96. The molecule has 0 unspecified atom stereocenters. The zero-order valence-electron chi connectivity index (χ0n) is 10.3. The first kappa shape index (κ1) is 13.4. The summed E-state index contributed by atoms with van der Waals surface area (Å²) in [5.74, 6) is 0. The molecule has 2 rings (SSSR count). The van der Waals surface area contributed by atoms with Crippen LogP contribution in [0.25, 0.3) is 0 Å². The number of nitrogens with one attached hydrogen (secondary N) is 1. The van der Waals surface area contributed by atoms with Crippen LogP contribution in [0.3, 0.4) is 0 Å². The van der Waals surface area contributed by atoms with Crippen molar-refractivity contribution in [1.82, 2.24) is 0 Å². The second-order valence-electron chi connectivity index (χ2n) is 4.08. The van der Waals surface area contributed by atoms with Gasteiger partial charge in [-0.3, -0.25) is 0 Å². The quantitative estimate of drug-likeness (QED) is 0.819. The van der Waals surface area contributed by atoms with Gasteiger partial charge in [-0.05, 0) is 45.9 Å². The summed E-state index contributed by atoms with van der Waals surface area (Å²) in [6.07, 6.45) is 0. The standard InChI is InChI=1S/C15H16INO/c1-18-11-13-8-6-12(7-9-13)10-17-15-5-3-2-4-14(15)16/h2-9,17H,10-11H2,1H3. The van der Waals surface area contributed by atoms with Crippen molar-refractivity contribution in [2.75, 3.05) is 12.4 Å². The SMILES string of the molecule is COCc1ccc(CNc2ccccc2I)cc1. The fourth-order valence-corrected chi connectivity index (χ4v) is 2.30. The number of methoxy groups -OCH3 is 1. The third-order valence-corrected chi connectivity index (χ3v) is 3.63. The van der Waals surface area contributed by atoms with E-state index in [1.54, 1.807) is 7.11 Å².